The van der Waals surface area contributed by atoms with E-state index in [1.54, 1.807) is 0 Å². The molecule has 3 N–H and O–H groups in total. The summed E-state index contributed by atoms with van der Waals surface area (Å²) in [6, 6.07) is 0. The van der Waals surface area contributed by atoms with E-state index in [2.05, 4.69) is 48.5 Å². The highest BCUT2D eigenvalue weighted by atomic mass is 31.2. The minimum absolute atomic E-state index is 0.102. The van der Waals surface area contributed by atoms with E-state index in [9.17, 15) is 43.2 Å². The van der Waals surface area contributed by atoms with Crippen molar-refractivity contribution in [1.29, 1.82) is 0 Å². The van der Waals surface area contributed by atoms with Crippen LogP contribution in [0.2, 0.25) is 0 Å². The van der Waals surface area contributed by atoms with Crippen LogP contribution in [0.3, 0.4) is 0 Å². The molecule has 91 heavy (non-hydrogen) atoms. The van der Waals surface area contributed by atoms with E-state index in [1.165, 1.54) is 167 Å². The molecule has 0 aromatic heterocycles. The maximum atomic E-state index is 13.0. The molecule has 0 aliphatic heterocycles. The molecule has 0 aromatic rings. The minimum Gasteiger partial charge on any atom is -0.462 e. The van der Waals surface area contributed by atoms with E-state index in [1.807, 2.05) is 0 Å². The highest BCUT2D eigenvalue weighted by molar-refractivity contribution is 7.47. The van der Waals surface area contributed by atoms with Crippen LogP contribution in [0.5, 0.6) is 0 Å². The third-order valence-electron chi connectivity index (χ3n) is 17.0. The standard InChI is InChI=1S/C72H140O17P2/c1-8-10-11-12-13-14-15-16-17-18-21-24-27-30-39-46-53-69(74)82-59-67(88-71(76)55-48-41-31-28-25-22-19-20-23-26-29-36-43-50-63(3)4)61-86-90(78,79)84-57-66(73)58-85-91(80,81)87-62-68(60-83-70(75)54-47-40-34-32-37-44-51-64(5)6)89-72(77)56-49-42-35-33-38-45-52-65(7)9-2/h63-68,73H,8-62H2,1-7H3,(H,78,79)(H,80,81)/t65?,66-,67-,68-/m1/s1. The lowest BCUT2D eigenvalue weighted by Crippen LogP contribution is -2.30. The average molecular weight is 1340 g/mol. The number of carbonyl (C=O) groups is 4. The number of phosphoric acid groups is 2. The fraction of sp³-hybridized carbons (Fsp3) is 0.944. The summed E-state index contributed by atoms with van der Waals surface area (Å²) in [5.74, 6) is 0.0583. The molecule has 0 saturated heterocycles. The van der Waals surface area contributed by atoms with Crippen LogP contribution in [-0.4, -0.2) is 96.7 Å². The molecular formula is C72H140O17P2. The van der Waals surface area contributed by atoms with Crippen LogP contribution in [0.1, 0.15) is 363 Å². The van der Waals surface area contributed by atoms with Crippen molar-refractivity contribution in [3.63, 3.8) is 0 Å². The Morgan fingerprint density at radius 1 is 0.319 bits per heavy atom. The number of rotatable bonds is 70. The predicted molar refractivity (Wildman–Crippen MR) is 368 cm³/mol. The van der Waals surface area contributed by atoms with Gasteiger partial charge in [-0.05, 0) is 43.4 Å². The minimum atomic E-state index is -4.95. The Morgan fingerprint density at radius 3 is 0.835 bits per heavy atom. The van der Waals surface area contributed by atoms with Gasteiger partial charge >= 0.3 is 39.5 Å². The fourth-order valence-electron chi connectivity index (χ4n) is 10.9. The average Bonchev–Trinajstić information content (AvgIpc) is 3.03. The molecule has 0 radical (unpaired) electrons. The lowest BCUT2D eigenvalue weighted by molar-refractivity contribution is -0.161. The summed E-state index contributed by atoms with van der Waals surface area (Å²) in [7, 11) is -9.90. The van der Waals surface area contributed by atoms with Gasteiger partial charge in [0.25, 0.3) is 0 Å². The van der Waals surface area contributed by atoms with Crippen LogP contribution in [0.4, 0.5) is 0 Å². The number of esters is 4. The van der Waals surface area contributed by atoms with Gasteiger partial charge in [-0.2, -0.15) is 0 Å². The highest BCUT2D eigenvalue weighted by Gasteiger charge is 2.30. The first-order valence-electron chi connectivity index (χ1n) is 37.4. The van der Waals surface area contributed by atoms with Gasteiger partial charge in [-0.3, -0.25) is 37.3 Å². The van der Waals surface area contributed by atoms with E-state index < -0.39 is 97.5 Å². The van der Waals surface area contributed by atoms with Gasteiger partial charge < -0.3 is 33.8 Å². The van der Waals surface area contributed by atoms with Crippen molar-refractivity contribution in [1.82, 2.24) is 0 Å². The van der Waals surface area contributed by atoms with E-state index in [0.29, 0.717) is 31.6 Å². The van der Waals surface area contributed by atoms with Crippen LogP contribution in [0.15, 0.2) is 0 Å². The van der Waals surface area contributed by atoms with Crippen LogP contribution in [0.25, 0.3) is 0 Å². The van der Waals surface area contributed by atoms with Gasteiger partial charge in [-0.1, -0.05) is 312 Å². The Kier molecular flexibility index (Phi) is 61.5. The van der Waals surface area contributed by atoms with Crippen LogP contribution in [0, 0.1) is 17.8 Å². The van der Waals surface area contributed by atoms with Gasteiger partial charge in [0.05, 0.1) is 26.4 Å². The van der Waals surface area contributed by atoms with E-state index in [0.717, 1.165) is 108 Å². The first-order valence-corrected chi connectivity index (χ1v) is 40.4. The molecule has 540 valence electrons. The summed E-state index contributed by atoms with van der Waals surface area (Å²) < 4.78 is 68.3. The second-order valence-electron chi connectivity index (χ2n) is 27.2. The number of hydrogen-bond donors (Lipinski definition) is 3. The molecule has 0 saturated carbocycles. The largest absolute Gasteiger partial charge is 0.472 e. The summed E-state index contributed by atoms with van der Waals surface area (Å²) in [4.78, 5) is 72.6. The monoisotopic (exact) mass is 1340 g/mol. The topological polar surface area (TPSA) is 237 Å². The van der Waals surface area contributed by atoms with Crippen molar-refractivity contribution in [2.24, 2.45) is 17.8 Å². The molecule has 17 nitrogen and oxygen atoms in total. The summed E-state index contributed by atoms with van der Waals surface area (Å²) >= 11 is 0. The zero-order valence-electron chi connectivity index (χ0n) is 59.3. The number of unbranched alkanes of at least 4 members (excludes halogenated alkanes) is 37. The first-order chi connectivity index (χ1) is 43.8. The molecule has 0 bridgehead atoms. The van der Waals surface area contributed by atoms with Crippen molar-refractivity contribution in [3.8, 4) is 0 Å². The third-order valence-corrected chi connectivity index (χ3v) is 18.9. The molecule has 0 fully saturated rings. The Labute approximate surface area is 556 Å². The number of phosphoric ester groups is 2. The molecule has 0 rings (SSSR count). The Morgan fingerprint density at radius 2 is 0.560 bits per heavy atom. The van der Waals surface area contributed by atoms with Crippen molar-refractivity contribution in [2.45, 2.75) is 381 Å². The van der Waals surface area contributed by atoms with Crippen molar-refractivity contribution in [3.05, 3.63) is 0 Å². The highest BCUT2D eigenvalue weighted by Crippen LogP contribution is 2.45. The quantitative estimate of drug-likeness (QED) is 0.0222. The van der Waals surface area contributed by atoms with Gasteiger partial charge in [-0.25, -0.2) is 9.13 Å². The first kappa shape index (κ1) is 89.1. The molecule has 0 aliphatic carbocycles. The lowest BCUT2D eigenvalue weighted by Gasteiger charge is -2.21. The number of carbonyl (C=O) groups excluding carboxylic acids is 4. The molecular weight excluding hydrogens is 1200 g/mol. The molecule has 3 unspecified atom stereocenters. The Hall–Kier alpha value is -1.94. The summed E-state index contributed by atoms with van der Waals surface area (Å²) in [6.07, 6.45) is 47.4. The summed E-state index contributed by atoms with van der Waals surface area (Å²) in [5.41, 5.74) is 0. The normalized spacial score (nSPS) is 14.5. The molecule has 0 spiro atoms. The lowest BCUT2D eigenvalue weighted by atomic mass is 10.00. The maximum Gasteiger partial charge on any atom is 0.472 e. The Bertz CT molecular complexity index is 1790. The number of aliphatic hydroxyl groups excluding tert-OH is 1. The van der Waals surface area contributed by atoms with Gasteiger partial charge in [0, 0.05) is 25.7 Å². The molecule has 0 amide bonds. The zero-order chi connectivity index (χ0) is 67.3. The molecule has 19 heteroatoms. The fourth-order valence-corrected chi connectivity index (χ4v) is 12.4. The third kappa shape index (κ3) is 65.1. The van der Waals surface area contributed by atoms with Gasteiger partial charge in [-0.15, -0.1) is 0 Å². The second-order valence-corrected chi connectivity index (χ2v) is 30.1. The summed E-state index contributed by atoms with van der Waals surface area (Å²) in [6.45, 7) is 11.8. The number of aliphatic hydroxyl groups is 1. The van der Waals surface area contributed by atoms with Crippen molar-refractivity contribution < 1.29 is 80.2 Å². The molecule has 0 aromatic carbocycles. The SMILES string of the molecule is CCCCCCCCCCCCCCCCCCC(=O)OC[C@H](COP(=O)(O)OC[C@@H](O)COP(=O)(O)OC[C@@H](COC(=O)CCCCCCCCC(C)C)OC(=O)CCCCCCCCC(C)CC)OC(=O)CCCCCCCCCCCCCCCC(C)C. The van der Waals surface area contributed by atoms with Crippen molar-refractivity contribution in [2.75, 3.05) is 39.6 Å². The number of ether oxygens (including phenoxy) is 4. The number of hydrogen-bond acceptors (Lipinski definition) is 15. The maximum absolute atomic E-state index is 13.0. The van der Waals surface area contributed by atoms with E-state index >= 15 is 0 Å². The van der Waals surface area contributed by atoms with Crippen LogP contribution >= 0.6 is 15.6 Å². The van der Waals surface area contributed by atoms with Crippen LogP contribution < -0.4 is 0 Å². The predicted octanol–water partition coefficient (Wildman–Crippen LogP) is 20.6. The molecule has 0 heterocycles. The smallest absolute Gasteiger partial charge is 0.462 e. The van der Waals surface area contributed by atoms with Gasteiger partial charge in [0.2, 0.25) is 0 Å². The van der Waals surface area contributed by atoms with Gasteiger partial charge in [0.1, 0.15) is 19.3 Å². The second kappa shape index (κ2) is 62.8. The molecule has 0 aliphatic rings. The van der Waals surface area contributed by atoms with Crippen molar-refractivity contribution >= 4 is 39.5 Å². The van der Waals surface area contributed by atoms with Gasteiger partial charge in [0.15, 0.2) is 12.2 Å². The Balaban J connectivity index is 5.23. The molecule has 6 atom stereocenters. The van der Waals surface area contributed by atoms with E-state index in [4.69, 9.17) is 37.0 Å². The summed E-state index contributed by atoms with van der Waals surface area (Å²) in [5, 5.41) is 10.6. The van der Waals surface area contributed by atoms with E-state index in [-0.39, 0.29) is 25.7 Å². The zero-order valence-corrected chi connectivity index (χ0v) is 61.1. The van der Waals surface area contributed by atoms with Crippen LogP contribution in [-0.2, 0) is 65.4 Å².